The van der Waals surface area contributed by atoms with Crippen LogP contribution in [-0.4, -0.2) is 15.9 Å². The maximum Gasteiger partial charge on any atom is 0.299 e. The first kappa shape index (κ1) is 18.9. The first-order valence-electron chi connectivity index (χ1n) is 9.18. The van der Waals surface area contributed by atoms with Crippen molar-refractivity contribution in [2.75, 3.05) is 10.6 Å². The number of amides is 1. The van der Waals surface area contributed by atoms with Crippen LogP contribution in [0, 0.1) is 18.3 Å². The predicted octanol–water partition coefficient (Wildman–Crippen LogP) is 4.91. The van der Waals surface area contributed by atoms with Crippen LogP contribution in [0.3, 0.4) is 0 Å². The van der Waals surface area contributed by atoms with Crippen LogP contribution in [0.2, 0.25) is 0 Å². The normalized spacial score (nSPS) is 10.3. The summed E-state index contributed by atoms with van der Waals surface area (Å²) >= 11 is 0. The van der Waals surface area contributed by atoms with E-state index in [0.717, 1.165) is 16.8 Å². The van der Waals surface area contributed by atoms with E-state index in [1.54, 1.807) is 42.9 Å². The average molecular weight is 395 g/mol. The fourth-order valence-corrected chi connectivity index (χ4v) is 2.82. The Bertz CT molecular complexity index is 1220. The zero-order chi connectivity index (χ0) is 20.9. The second-order valence-electron chi connectivity index (χ2n) is 6.57. The molecular formula is C23H17N5O2. The lowest BCUT2D eigenvalue weighted by molar-refractivity contribution is 0.102. The van der Waals surface area contributed by atoms with Crippen molar-refractivity contribution in [3.05, 3.63) is 89.9 Å². The SMILES string of the molecule is Cc1ccc(NC(=O)c2ccc(C#N)cc2)cc1Nc1ncc(-c2cccnc2)o1. The number of carbonyl (C=O) groups is 1. The Morgan fingerprint density at radius 2 is 1.93 bits per heavy atom. The molecule has 4 rings (SSSR count). The number of anilines is 3. The quantitative estimate of drug-likeness (QED) is 0.497. The van der Waals surface area contributed by atoms with Crippen molar-refractivity contribution in [3.63, 3.8) is 0 Å². The van der Waals surface area contributed by atoms with E-state index in [9.17, 15) is 4.79 Å². The summed E-state index contributed by atoms with van der Waals surface area (Å²) in [4.78, 5) is 20.8. The topological polar surface area (TPSA) is 104 Å². The number of carbonyl (C=O) groups excluding carboxylic acids is 1. The fourth-order valence-electron chi connectivity index (χ4n) is 2.82. The molecule has 146 valence electrons. The molecule has 0 atom stereocenters. The lowest BCUT2D eigenvalue weighted by Crippen LogP contribution is -2.12. The molecule has 0 fully saturated rings. The van der Waals surface area contributed by atoms with Gasteiger partial charge in [-0.25, -0.2) is 4.98 Å². The van der Waals surface area contributed by atoms with Crippen molar-refractivity contribution in [2.45, 2.75) is 6.92 Å². The van der Waals surface area contributed by atoms with Crippen molar-refractivity contribution < 1.29 is 9.21 Å². The number of hydrogen-bond acceptors (Lipinski definition) is 6. The van der Waals surface area contributed by atoms with Gasteiger partial charge in [0, 0.05) is 34.9 Å². The van der Waals surface area contributed by atoms with E-state index < -0.39 is 0 Å². The Kier molecular flexibility index (Phi) is 5.22. The van der Waals surface area contributed by atoms with Gasteiger partial charge in [0.1, 0.15) is 0 Å². The molecular weight excluding hydrogens is 378 g/mol. The summed E-state index contributed by atoms with van der Waals surface area (Å²) in [5, 5.41) is 14.9. The molecule has 0 radical (unpaired) electrons. The van der Waals surface area contributed by atoms with Crippen molar-refractivity contribution in [1.29, 1.82) is 5.26 Å². The second-order valence-corrected chi connectivity index (χ2v) is 6.57. The standard InChI is InChI=1S/C23H17N5O2/c1-15-4-9-19(27-22(29)17-7-5-16(12-24)6-8-17)11-20(15)28-23-26-14-21(30-23)18-3-2-10-25-13-18/h2-11,13-14H,1H3,(H,26,28)(H,27,29). The lowest BCUT2D eigenvalue weighted by Gasteiger charge is -2.10. The van der Waals surface area contributed by atoms with Gasteiger partial charge in [-0.05, 0) is 61.0 Å². The number of aromatic nitrogens is 2. The van der Waals surface area contributed by atoms with Gasteiger partial charge >= 0.3 is 0 Å². The van der Waals surface area contributed by atoms with Crippen LogP contribution in [0.4, 0.5) is 17.4 Å². The van der Waals surface area contributed by atoms with Gasteiger partial charge in [0.05, 0.1) is 17.8 Å². The molecule has 0 spiro atoms. The van der Waals surface area contributed by atoms with Crippen LogP contribution in [0.1, 0.15) is 21.5 Å². The number of oxazole rings is 1. The number of nitrogens with one attached hydrogen (secondary N) is 2. The van der Waals surface area contributed by atoms with E-state index in [4.69, 9.17) is 9.68 Å². The molecule has 4 aromatic rings. The molecule has 0 aliphatic rings. The van der Waals surface area contributed by atoms with Gasteiger partial charge in [0.25, 0.3) is 11.9 Å². The van der Waals surface area contributed by atoms with Crippen molar-refractivity contribution in [2.24, 2.45) is 0 Å². The number of nitrogens with zero attached hydrogens (tertiary/aromatic N) is 3. The summed E-state index contributed by atoms with van der Waals surface area (Å²) < 4.78 is 5.76. The molecule has 30 heavy (non-hydrogen) atoms. The van der Waals surface area contributed by atoms with Crippen LogP contribution >= 0.6 is 0 Å². The number of pyridine rings is 1. The highest BCUT2D eigenvalue weighted by Gasteiger charge is 2.11. The third-order valence-electron chi connectivity index (χ3n) is 4.46. The van der Waals surface area contributed by atoms with E-state index in [1.807, 2.05) is 43.3 Å². The van der Waals surface area contributed by atoms with E-state index in [1.165, 1.54) is 0 Å². The minimum Gasteiger partial charge on any atom is -0.423 e. The molecule has 0 unspecified atom stereocenters. The van der Waals surface area contributed by atoms with Crippen LogP contribution in [0.5, 0.6) is 0 Å². The number of rotatable bonds is 5. The highest BCUT2D eigenvalue weighted by atomic mass is 16.4. The van der Waals surface area contributed by atoms with Gasteiger partial charge in [0.15, 0.2) is 5.76 Å². The van der Waals surface area contributed by atoms with Gasteiger partial charge in [-0.1, -0.05) is 6.07 Å². The minimum atomic E-state index is -0.260. The molecule has 7 nitrogen and oxygen atoms in total. The molecule has 0 aliphatic heterocycles. The van der Waals surface area contributed by atoms with Crippen LogP contribution in [0.25, 0.3) is 11.3 Å². The smallest absolute Gasteiger partial charge is 0.299 e. The van der Waals surface area contributed by atoms with E-state index in [0.29, 0.717) is 28.6 Å². The molecule has 2 aromatic heterocycles. The average Bonchev–Trinajstić information content (AvgIpc) is 3.25. The first-order valence-corrected chi connectivity index (χ1v) is 9.18. The predicted molar refractivity (Wildman–Crippen MR) is 113 cm³/mol. The van der Waals surface area contributed by atoms with Crippen molar-refractivity contribution >= 4 is 23.3 Å². The monoisotopic (exact) mass is 395 g/mol. The molecule has 0 aliphatic carbocycles. The molecule has 0 saturated heterocycles. The molecule has 2 aromatic carbocycles. The fraction of sp³-hybridized carbons (Fsp3) is 0.0435. The minimum absolute atomic E-state index is 0.260. The Balaban J connectivity index is 1.50. The highest BCUT2D eigenvalue weighted by Crippen LogP contribution is 2.27. The Morgan fingerprint density at radius 1 is 1.10 bits per heavy atom. The summed E-state index contributed by atoms with van der Waals surface area (Å²) in [6.07, 6.45) is 5.03. The summed E-state index contributed by atoms with van der Waals surface area (Å²) in [5.74, 6) is 0.345. The zero-order valence-corrected chi connectivity index (χ0v) is 16.1. The van der Waals surface area contributed by atoms with Gasteiger partial charge in [-0.15, -0.1) is 0 Å². The molecule has 7 heteroatoms. The molecule has 2 heterocycles. The summed E-state index contributed by atoms with van der Waals surface area (Å²) in [6, 6.07) is 18.1. The first-order chi connectivity index (χ1) is 14.6. The van der Waals surface area contributed by atoms with E-state index >= 15 is 0 Å². The Hall–Kier alpha value is -4.44. The Morgan fingerprint density at radius 3 is 2.67 bits per heavy atom. The van der Waals surface area contributed by atoms with Crippen molar-refractivity contribution in [1.82, 2.24) is 9.97 Å². The third-order valence-corrected chi connectivity index (χ3v) is 4.46. The lowest BCUT2D eigenvalue weighted by atomic mass is 10.1. The Labute approximate surface area is 173 Å². The van der Waals surface area contributed by atoms with Crippen LogP contribution < -0.4 is 10.6 Å². The number of hydrogen-bond donors (Lipinski definition) is 2. The number of benzene rings is 2. The van der Waals surface area contributed by atoms with Gasteiger partial charge < -0.3 is 15.1 Å². The number of nitriles is 1. The summed E-state index contributed by atoms with van der Waals surface area (Å²) in [6.45, 7) is 1.94. The molecule has 0 bridgehead atoms. The third kappa shape index (κ3) is 4.18. The van der Waals surface area contributed by atoms with Gasteiger partial charge in [0.2, 0.25) is 0 Å². The van der Waals surface area contributed by atoms with Crippen LogP contribution in [-0.2, 0) is 0 Å². The number of aryl methyl sites for hydroxylation is 1. The maximum atomic E-state index is 12.5. The van der Waals surface area contributed by atoms with Gasteiger partial charge in [-0.3, -0.25) is 9.78 Å². The van der Waals surface area contributed by atoms with Crippen molar-refractivity contribution in [3.8, 4) is 17.4 Å². The molecule has 0 saturated carbocycles. The van der Waals surface area contributed by atoms with Crippen LogP contribution in [0.15, 0.2) is 77.6 Å². The molecule has 2 N–H and O–H groups in total. The van der Waals surface area contributed by atoms with E-state index in [-0.39, 0.29) is 5.91 Å². The highest BCUT2D eigenvalue weighted by molar-refractivity contribution is 6.04. The summed E-state index contributed by atoms with van der Waals surface area (Å²) in [7, 11) is 0. The van der Waals surface area contributed by atoms with E-state index in [2.05, 4.69) is 20.6 Å². The second kappa shape index (κ2) is 8.29. The maximum absolute atomic E-state index is 12.5. The zero-order valence-electron chi connectivity index (χ0n) is 16.1. The largest absolute Gasteiger partial charge is 0.423 e. The van der Waals surface area contributed by atoms with Gasteiger partial charge in [-0.2, -0.15) is 5.26 Å². The summed E-state index contributed by atoms with van der Waals surface area (Å²) in [5.41, 5.74) is 4.15. The molecule has 1 amide bonds.